The molecule has 1 N–H and O–H groups in total. The van der Waals surface area contributed by atoms with Gasteiger partial charge < -0.3 is 14.6 Å². The predicted octanol–water partition coefficient (Wildman–Crippen LogP) is 2.74. The second kappa shape index (κ2) is 5.13. The van der Waals surface area contributed by atoms with Crippen molar-refractivity contribution in [2.75, 3.05) is 14.1 Å². The van der Waals surface area contributed by atoms with Crippen LogP contribution in [0.15, 0.2) is 22.6 Å². The van der Waals surface area contributed by atoms with E-state index in [2.05, 4.69) is 24.3 Å². The number of amides is 1. The fourth-order valence-electron chi connectivity index (χ4n) is 3.34. The predicted molar refractivity (Wildman–Crippen MR) is 86.2 cm³/mol. The van der Waals surface area contributed by atoms with Crippen molar-refractivity contribution in [1.29, 1.82) is 0 Å². The van der Waals surface area contributed by atoms with Gasteiger partial charge in [-0.15, -0.1) is 0 Å². The van der Waals surface area contributed by atoms with Crippen molar-refractivity contribution in [2.45, 2.75) is 44.2 Å². The van der Waals surface area contributed by atoms with Gasteiger partial charge in [0.05, 0.1) is 0 Å². The topological polar surface area (TPSA) is 45.5 Å². The summed E-state index contributed by atoms with van der Waals surface area (Å²) in [5.74, 6) is 1.15. The molecule has 4 nitrogen and oxygen atoms in total. The summed E-state index contributed by atoms with van der Waals surface area (Å²) >= 11 is 0. The zero-order chi connectivity index (χ0) is 15.3. The molecule has 1 saturated carbocycles. The lowest BCUT2D eigenvalue weighted by Gasteiger charge is -2.27. The molecule has 1 aromatic carbocycles. The van der Waals surface area contributed by atoms with Crippen molar-refractivity contribution in [3.63, 3.8) is 0 Å². The van der Waals surface area contributed by atoms with Crippen molar-refractivity contribution in [3.8, 4) is 0 Å². The van der Waals surface area contributed by atoms with Crippen molar-refractivity contribution in [1.82, 2.24) is 10.2 Å². The van der Waals surface area contributed by atoms with Gasteiger partial charge in [0.25, 0.3) is 5.91 Å². The van der Waals surface area contributed by atoms with Gasteiger partial charge in [0.1, 0.15) is 11.3 Å². The molecule has 0 radical (unpaired) electrons. The van der Waals surface area contributed by atoms with Gasteiger partial charge in [-0.05, 0) is 58.0 Å². The monoisotopic (exact) mass is 298 g/mol. The smallest absolute Gasteiger partial charge is 0.251 e. The summed E-state index contributed by atoms with van der Waals surface area (Å²) in [4.78, 5) is 14.5. The van der Waals surface area contributed by atoms with Gasteiger partial charge in [-0.2, -0.15) is 0 Å². The normalized spacial score (nSPS) is 21.1. The fraction of sp³-hybridized carbons (Fsp3) is 0.500. The van der Waals surface area contributed by atoms with Gasteiger partial charge in [-0.3, -0.25) is 4.79 Å². The van der Waals surface area contributed by atoms with E-state index in [1.165, 1.54) is 5.56 Å². The van der Waals surface area contributed by atoms with Crippen LogP contribution < -0.4 is 5.32 Å². The first-order chi connectivity index (χ1) is 10.6. The third-order valence-corrected chi connectivity index (χ3v) is 4.92. The molecule has 1 atom stereocenters. The van der Waals surface area contributed by atoms with Crippen LogP contribution in [0.25, 0.3) is 11.0 Å². The second-order valence-corrected chi connectivity index (χ2v) is 6.82. The Bertz CT molecular complexity index is 728. The van der Waals surface area contributed by atoms with E-state index in [0.717, 1.165) is 54.4 Å². The molecule has 1 fully saturated rings. The van der Waals surface area contributed by atoms with E-state index in [1.54, 1.807) is 0 Å². The fourth-order valence-corrected chi connectivity index (χ4v) is 3.34. The van der Waals surface area contributed by atoms with E-state index in [0.29, 0.717) is 12.1 Å². The highest BCUT2D eigenvalue weighted by atomic mass is 16.3. The SMILES string of the molecule is CN(C)C1CCc2oc3ccc(C(=O)NC4CC4)cc3c2C1. The Morgan fingerprint density at radius 1 is 1.27 bits per heavy atom. The summed E-state index contributed by atoms with van der Waals surface area (Å²) in [7, 11) is 4.26. The highest BCUT2D eigenvalue weighted by Crippen LogP contribution is 2.33. The molecule has 1 unspecified atom stereocenters. The molecule has 2 aliphatic carbocycles. The number of furan rings is 1. The third kappa shape index (κ3) is 2.41. The molecule has 2 aliphatic rings. The number of nitrogens with zero attached hydrogens (tertiary/aromatic N) is 1. The highest BCUT2D eigenvalue weighted by molar-refractivity contribution is 5.98. The molecule has 1 amide bonds. The number of rotatable bonds is 3. The zero-order valence-electron chi connectivity index (χ0n) is 13.2. The average Bonchev–Trinajstić information content (AvgIpc) is 3.24. The number of hydrogen-bond donors (Lipinski definition) is 1. The minimum Gasteiger partial charge on any atom is -0.461 e. The average molecular weight is 298 g/mol. The molecule has 1 heterocycles. The number of benzene rings is 1. The van der Waals surface area contributed by atoms with Crippen LogP contribution in [0.4, 0.5) is 0 Å². The summed E-state index contributed by atoms with van der Waals surface area (Å²) in [6.45, 7) is 0. The molecule has 0 bridgehead atoms. The van der Waals surface area contributed by atoms with E-state index in [-0.39, 0.29) is 5.91 Å². The summed E-state index contributed by atoms with van der Waals surface area (Å²) in [5, 5.41) is 4.17. The van der Waals surface area contributed by atoms with Gasteiger partial charge in [-0.1, -0.05) is 0 Å². The molecule has 4 rings (SSSR count). The van der Waals surface area contributed by atoms with E-state index in [1.807, 2.05) is 18.2 Å². The van der Waals surface area contributed by atoms with E-state index in [4.69, 9.17) is 4.42 Å². The van der Waals surface area contributed by atoms with Crippen molar-refractivity contribution in [2.24, 2.45) is 0 Å². The molecule has 4 heteroatoms. The maximum absolute atomic E-state index is 12.3. The molecule has 116 valence electrons. The van der Waals surface area contributed by atoms with E-state index < -0.39 is 0 Å². The largest absolute Gasteiger partial charge is 0.461 e. The maximum Gasteiger partial charge on any atom is 0.251 e. The Kier molecular flexibility index (Phi) is 3.22. The minimum absolute atomic E-state index is 0.0410. The molecule has 22 heavy (non-hydrogen) atoms. The highest BCUT2D eigenvalue weighted by Gasteiger charge is 2.27. The Balaban J connectivity index is 1.69. The first-order valence-corrected chi connectivity index (χ1v) is 8.13. The Hall–Kier alpha value is -1.81. The van der Waals surface area contributed by atoms with Crippen LogP contribution in [0.5, 0.6) is 0 Å². The van der Waals surface area contributed by atoms with Crippen molar-refractivity contribution < 1.29 is 9.21 Å². The number of fused-ring (bicyclic) bond motifs is 3. The molecule has 0 spiro atoms. The molecular formula is C18H22N2O2. The van der Waals surface area contributed by atoms with Gasteiger partial charge in [-0.25, -0.2) is 0 Å². The van der Waals surface area contributed by atoms with Crippen molar-refractivity contribution in [3.05, 3.63) is 35.1 Å². The van der Waals surface area contributed by atoms with Crippen LogP contribution in [0, 0.1) is 0 Å². The third-order valence-electron chi connectivity index (χ3n) is 4.92. The molecule has 0 aliphatic heterocycles. The number of carbonyl (C=O) groups is 1. The second-order valence-electron chi connectivity index (χ2n) is 6.82. The van der Waals surface area contributed by atoms with Gasteiger partial charge in [0, 0.05) is 35.0 Å². The standard InChI is InChI=1S/C18H22N2O2/c1-20(2)13-6-8-17-15(10-13)14-9-11(3-7-16(14)22-17)18(21)19-12-4-5-12/h3,7,9,12-13H,4-6,8,10H2,1-2H3,(H,19,21). The number of carbonyl (C=O) groups excluding carboxylic acids is 1. The van der Waals surface area contributed by atoms with Crippen LogP contribution in [0.1, 0.15) is 40.9 Å². The van der Waals surface area contributed by atoms with E-state index >= 15 is 0 Å². The first-order valence-electron chi connectivity index (χ1n) is 8.13. The van der Waals surface area contributed by atoms with Gasteiger partial charge in [0.2, 0.25) is 0 Å². The molecular weight excluding hydrogens is 276 g/mol. The first kappa shape index (κ1) is 13.8. The van der Waals surface area contributed by atoms with Crippen LogP contribution in [-0.4, -0.2) is 37.0 Å². The Morgan fingerprint density at radius 3 is 2.82 bits per heavy atom. The summed E-state index contributed by atoms with van der Waals surface area (Å²) < 4.78 is 6.00. The van der Waals surface area contributed by atoms with Gasteiger partial charge in [0.15, 0.2) is 0 Å². The van der Waals surface area contributed by atoms with Crippen LogP contribution in [-0.2, 0) is 12.8 Å². The summed E-state index contributed by atoms with van der Waals surface area (Å²) in [6, 6.07) is 6.77. The Labute approximate surface area is 130 Å². The van der Waals surface area contributed by atoms with Crippen molar-refractivity contribution >= 4 is 16.9 Å². The van der Waals surface area contributed by atoms with Crippen LogP contribution >= 0.6 is 0 Å². The Morgan fingerprint density at radius 2 is 2.09 bits per heavy atom. The summed E-state index contributed by atoms with van der Waals surface area (Å²) in [6.07, 6.45) is 5.34. The lowest BCUT2D eigenvalue weighted by Crippen LogP contribution is -2.33. The van der Waals surface area contributed by atoms with Crippen LogP contribution in [0.2, 0.25) is 0 Å². The van der Waals surface area contributed by atoms with Crippen LogP contribution in [0.3, 0.4) is 0 Å². The number of aryl methyl sites for hydroxylation is 1. The zero-order valence-corrected chi connectivity index (χ0v) is 13.2. The molecule has 1 aromatic heterocycles. The molecule has 0 saturated heterocycles. The quantitative estimate of drug-likeness (QED) is 0.947. The number of nitrogens with one attached hydrogen (secondary N) is 1. The number of hydrogen-bond acceptors (Lipinski definition) is 3. The minimum atomic E-state index is 0.0410. The molecule has 2 aromatic rings. The van der Waals surface area contributed by atoms with Gasteiger partial charge >= 0.3 is 0 Å². The van der Waals surface area contributed by atoms with E-state index in [9.17, 15) is 4.79 Å². The maximum atomic E-state index is 12.3. The lowest BCUT2D eigenvalue weighted by molar-refractivity contribution is 0.0951. The number of likely N-dealkylation sites (N-methyl/N-ethyl adjacent to an activating group) is 1. The lowest BCUT2D eigenvalue weighted by atomic mass is 9.91. The summed E-state index contributed by atoms with van der Waals surface area (Å²) in [5.41, 5.74) is 2.95.